The summed E-state index contributed by atoms with van der Waals surface area (Å²) in [5.41, 5.74) is 0.794. The lowest BCUT2D eigenvalue weighted by Crippen LogP contribution is -2.41. The smallest absolute Gasteiger partial charge is 0.307 e. The first-order valence-electron chi connectivity index (χ1n) is 6.45. The average Bonchev–Trinajstić information content (AvgIpc) is 2.46. The Morgan fingerprint density at radius 1 is 1.30 bits per heavy atom. The van der Waals surface area contributed by atoms with Gasteiger partial charge in [0.1, 0.15) is 0 Å². The van der Waals surface area contributed by atoms with Crippen molar-refractivity contribution in [3.63, 3.8) is 0 Å². The topological polar surface area (TPSA) is 74.7 Å². The minimum absolute atomic E-state index is 0.0524. The van der Waals surface area contributed by atoms with E-state index < -0.39 is 21.9 Å². The minimum atomic E-state index is -3.56. The first-order chi connectivity index (χ1) is 9.49. The van der Waals surface area contributed by atoms with Gasteiger partial charge in [-0.3, -0.25) is 4.79 Å². The Bertz CT molecular complexity index is 595. The molecule has 0 unspecified atom stereocenters. The Labute approximate surface area is 118 Å². The number of carboxylic acid groups (broad SMARTS) is 1. The summed E-state index contributed by atoms with van der Waals surface area (Å²) in [5, 5.41) is 10.1. The number of aliphatic carboxylic acids is 1. The van der Waals surface area contributed by atoms with Crippen molar-refractivity contribution in [3.8, 4) is 0 Å². The van der Waals surface area contributed by atoms with Crippen LogP contribution in [0.25, 0.3) is 6.08 Å². The Hall–Kier alpha value is -1.66. The van der Waals surface area contributed by atoms with E-state index in [4.69, 9.17) is 5.11 Å². The van der Waals surface area contributed by atoms with Crippen molar-refractivity contribution in [1.82, 2.24) is 4.31 Å². The van der Waals surface area contributed by atoms with Crippen LogP contribution in [0, 0.1) is 5.92 Å². The molecule has 1 heterocycles. The van der Waals surface area contributed by atoms with Gasteiger partial charge in [-0.1, -0.05) is 30.3 Å². The second-order valence-electron chi connectivity index (χ2n) is 4.79. The van der Waals surface area contributed by atoms with E-state index in [1.165, 1.54) is 10.4 Å². The van der Waals surface area contributed by atoms with Crippen LogP contribution in [-0.4, -0.2) is 36.9 Å². The molecule has 1 atom stereocenters. The fraction of sp³-hybridized carbons (Fsp3) is 0.357. The van der Waals surface area contributed by atoms with Crippen LogP contribution in [-0.2, 0) is 14.8 Å². The molecule has 5 nitrogen and oxygen atoms in total. The van der Waals surface area contributed by atoms with Crippen molar-refractivity contribution in [2.75, 3.05) is 13.1 Å². The number of rotatable bonds is 4. The van der Waals surface area contributed by atoms with E-state index in [1.807, 2.05) is 30.3 Å². The van der Waals surface area contributed by atoms with Crippen LogP contribution in [0.3, 0.4) is 0 Å². The van der Waals surface area contributed by atoms with Gasteiger partial charge in [0.15, 0.2) is 0 Å². The number of sulfonamides is 1. The Kier molecular flexibility index (Phi) is 4.57. The SMILES string of the molecule is O=C(O)[C@@H]1CCCN(S(=O)(=O)/C=C/c2ccccc2)C1. The van der Waals surface area contributed by atoms with Crippen molar-refractivity contribution >= 4 is 22.1 Å². The van der Waals surface area contributed by atoms with Crippen LogP contribution in [0.5, 0.6) is 0 Å². The van der Waals surface area contributed by atoms with E-state index in [0.29, 0.717) is 19.4 Å². The molecule has 1 aromatic carbocycles. The number of hydrogen-bond acceptors (Lipinski definition) is 3. The van der Waals surface area contributed by atoms with E-state index in [1.54, 1.807) is 0 Å². The molecule has 0 aliphatic carbocycles. The molecular formula is C14H17NO4S. The summed E-state index contributed by atoms with van der Waals surface area (Å²) in [5.74, 6) is -1.54. The minimum Gasteiger partial charge on any atom is -0.481 e. The summed E-state index contributed by atoms with van der Waals surface area (Å²) in [7, 11) is -3.56. The molecule has 0 bridgehead atoms. The number of piperidine rings is 1. The van der Waals surface area contributed by atoms with Crippen LogP contribution in [0.15, 0.2) is 35.7 Å². The lowest BCUT2D eigenvalue weighted by molar-refractivity contribution is -0.142. The molecule has 1 aliphatic heterocycles. The highest BCUT2D eigenvalue weighted by molar-refractivity contribution is 7.92. The summed E-state index contributed by atoms with van der Waals surface area (Å²) in [6.07, 6.45) is 2.64. The van der Waals surface area contributed by atoms with E-state index in [2.05, 4.69) is 0 Å². The molecule has 108 valence electrons. The summed E-state index contributed by atoms with van der Waals surface area (Å²) < 4.78 is 25.6. The van der Waals surface area contributed by atoms with E-state index in [0.717, 1.165) is 11.0 Å². The summed E-state index contributed by atoms with van der Waals surface area (Å²) in [4.78, 5) is 11.0. The van der Waals surface area contributed by atoms with Gasteiger partial charge in [0, 0.05) is 18.5 Å². The fourth-order valence-corrected chi connectivity index (χ4v) is 3.46. The Balaban J connectivity index is 2.10. The molecule has 0 saturated carbocycles. The van der Waals surface area contributed by atoms with Crippen LogP contribution >= 0.6 is 0 Å². The van der Waals surface area contributed by atoms with Gasteiger partial charge in [-0.05, 0) is 24.5 Å². The predicted molar refractivity (Wildman–Crippen MR) is 76.3 cm³/mol. The van der Waals surface area contributed by atoms with Gasteiger partial charge in [0.05, 0.1) is 5.92 Å². The standard InChI is InChI=1S/C14H17NO4S/c16-14(17)13-7-4-9-15(11-13)20(18,19)10-8-12-5-2-1-3-6-12/h1-3,5-6,8,10,13H,4,7,9,11H2,(H,16,17)/b10-8+/t13-/m1/s1. The van der Waals surface area contributed by atoms with Crippen LogP contribution in [0.1, 0.15) is 18.4 Å². The third-order valence-corrected chi connectivity index (χ3v) is 4.86. The Morgan fingerprint density at radius 2 is 2.00 bits per heavy atom. The highest BCUT2D eigenvalue weighted by atomic mass is 32.2. The number of benzene rings is 1. The molecule has 20 heavy (non-hydrogen) atoms. The highest BCUT2D eigenvalue weighted by Crippen LogP contribution is 2.20. The average molecular weight is 295 g/mol. The fourth-order valence-electron chi connectivity index (χ4n) is 2.19. The van der Waals surface area contributed by atoms with Gasteiger partial charge in [0.2, 0.25) is 10.0 Å². The molecule has 2 rings (SSSR count). The first-order valence-corrected chi connectivity index (χ1v) is 7.95. The molecule has 6 heteroatoms. The summed E-state index contributed by atoms with van der Waals surface area (Å²) in [6.45, 7) is 0.433. The second kappa shape index (κ2) is 6.19. The molecular weight excluding hydrogens is 278 g/mol. The van der Waals surface area contributed by atoms with Gasteiger partial charge in [-0.25, -0.2) is 8.42 Å². The largest absolute Gasteiger partial charge is 0.481 e. The van der Waals surface area contributed by atoms with Crippen LogP contribution in [0.2, 0.25) is 0 Å². The lowest BCUT2D eigenvalue weighted by atomic mass is 10.0. The normalized spacial score (nSPS) is 21.1. The van der Waals surface area contributed by atoms with Gasteiger partial charge < -0.3 is 5.11 Å². The zero-order chi connectivity index (χ0) is 14.6. The molecule has 1 N–H and O–H groups in total. The van der Waals surface area contributed by atoms with E-state index in [-0.39, 0.29) is 6.54 Å². The maximum Gasteiger partial charge on any atom is 0.307 e. The predicted octanol–water partition coefficient (Wildman–Crippen LogP) is 1.78. The van der Waals surface area contributed by atoms with Gasteiger partial charge in [-0.15, -0.1) is 0 Å². The zero-order valence-electron chi connectivity index (χ0n) is 11.0. The highest BCUT2D eigenvalue weighted by Gasteiger charge is 2.30. The third kappa shape index (κ3) is 3.68. The number of carboxylic acids is 1. The molecule has 1 aliphatic rings. The monoisotopic (exact) mass is 295 g/mol. The Morgan fingerprint density at radius 3 is 2.65 bits per heavy atom. The van der Waals surface area contributed by atoms with Gasteiger partial charge >= 0.3 is 5.97 Å². The number of carbonyl (C=O) groups is 1. The van der Waals surface area contributed by atoms with Crippen molar-refractivity contribution in [1.29, 1.82) is 0 Å². The zero-order valence-corrected chi connectivity index (χ0v) is 11.8. The molecule has 0 amide bonds. The quantitative estimate of drug-likeness (QED) is 0.919. The number of hydrogen-bond donors (Lipinski definition) is 1. The molecule has 1 aromatic rings. The van der Waals surface area contributed by atoms with Gasteiger partial charge in [0.25, 0.3) is 0 Å². The van der Waals surface area contributed by atoms with E-state index in [9.17, 15) is 13.2 Å². The third-order valence-electron chi connectivity index (χ3n) is 3.33. The maximum atomic E-state index is 12.2. The van der Waals surface area contributed by atoms with Crippen LogP contribution < -0.4 is 0 Å². The first kappa shape index (κ1) is 14.7. The lowest BCUT2D eigenvalue weighted by Gasteiger charge is -2.28. The van der Waals surface area contributed by atoms with Crippen LogP contribution in [0.4, 0.5) is 0 Å². The summed E-state index contributed by atoms with van der Waals surface area (Å²) >= 11 is 0. The number of nitrogens with zero attached hydrogens (tertiary/aromatic N) is 1. The van der Waals surface area contributed by atoms with Crippen molar-refractivity contribution in [2.24, 2.45) is 5.92 Å². The second-order valence-corrected chi connectivity index (χ2v) is 6.61. The molecule has 0 radical (unpaired) electrons. The van der Waals surface area contributed by atoms with Crippen molar-refractivity contribution in [3.05, 3.63) is 41.3 Å². The maximum absolute atomic E-state index is 12.2. The van der Waals surface area contributed by atoms with Gasteiger partial charge in [-0.2, -0.15) is 4.31 Å². The molecule has 1 saturated heterocycles. The molecule has 0 aromatic heterocycles. The van der Waals surface area contributed by atoms with Crippen molar-refractivity contribution < 1.29 is 18.3 Å². The van der Waals surface area contributed by atoms with Crippen molar-refractivity contribution in [2.45, 2.75) is 12.8 Å². The summed E-state index contributed by atoms with van der Waals surface area (Å²) in [6, 6.07) is 9.12. The molecule has 0 spiro atoms. The van der Waals surface area contributed by atoms with E-state index >= 15 is 0 Å². The molecule has 1 fully saturated rings.